The number of carbonyl (C=O) groups excluding carboxylic acids is 2. The molecule has 0 saturated carbocycles. The molecule has 0 aromatic heterocycles. The lowest BCUT2D eigenvalue weighted by atomic mass is 9.96. The van der Waals surface area contributed by atoms with Crippen LogP contribution in [0.5, 0.6) is 0 Å². The predicted molar refractivity (Wildman–Crippen MR) is 88.9 cm³/mol. The van der Waals surface area contributed by atoms with E-state index in [1.54, 1.807) is 29.2 Å². The summed E-state index contributed by atoms with van der Waals surface area (Å²) in [6.07, 6.45) is 1.69. The number of nitrogens with zero attached hydrogens (tertiary/aromatic N) is 2. The van der Waals surface area contributed by atoms with E-state index in [0.29, 0.717) is 37.4 Å². The molecule has 7 heteroatoms. The molecular formula is C17H19ClN2O4. The van der Waals surface area contributed by atoms with E-state index in [2.05, 4.69) is 0 Å². The smallest absolute Gasteiger partial charge is 0.308 e. The quantitative estimate of drug-likeness (QED) is 0.846. The summed E-state index contributed by atoms with van der Waals surface area (Å²) in [5.41, 5.74) is 0.724. The molecule has 2 heterocycles. The predicted octanol–water partition coefficient (Wildman–Crippen LogP) is 2.02. The third-order valence-corrected chi connectivity index (χ3v) is 4.98. The second-order valence-corrected chi connectivity index (χ2v) is 6.71. The molecule has 0 radical (unpaired) electrons. The Morgan fingerprint density at radius 2 is 1.83 bits per heavy atom. The van der Waals surface area contributed by atoms with Crippen molar-refractivity contribution in [1.82, 2.24) is 4.90 Å². The maximum atomic E-state index is 12.7. The van der Waals surface area contributed by atoms with E-state index in [-0.39, 0.29) is 18.4 Å². The molecule has 24 heavy (non-hydrogen) atoms. The second kappa shape index (κ2) is 6.81. The number of piperidine rings is 1. The van der Waals surface area contributed by atoms with Gasteiger partial charge in [-0.05, 0) is 43.5 Å². The number of carboxylic acids is 1. The maximum absolute atomic E-state index is 12.7. The lowest BCUT2D eigenvalue weighted by Gasteiger charge is -2.32. The van der Waals surface area contributed by atoms with Crippen LogP contribution in [0.2, 0.25) is 5.02 Å². The van der Waals surface area contributed by atoms with E-state index in [0.717, 1.165) is 5.69 Å². The van der Waals surface area contributed by atoms with Gasteiger partial charge in [0, 0.05) is 30.3 Å². The van der Waals surface area contributed by atoms with Crippen LogP contribution < -0.4 is 4.90 Å². The van der Waals surface area contributed by atoms with Crippen molar-refractivity contribution in [2.75, 3.05) is 24.5 Å². The molecule has 3 rings (SSSR count). The number of aliphatic carboxylic acids is 1. The third kappa shape index (κ3) is 3.24. The molecule has 6 nitrogen and oxygen atoms in total. The van der Waals surface area contributed by atoms with Gasteiger partial charge >= 0.3 is 5.97 Å². The Morgan fingerprint density at radius 1 is 1.12 bits per heavy atom. The molecule has 2 aliphatic heterocycles. The van der Waals surface area contributed by atoms with Crippen molar-refractivity contribution in [2.24, 2.45) is 11.8 Å². The number of carbonyl (C=O) groups is 3. The van der Waals surface area contributed by atoms with Gasteiger partial charge in [0.2, 0.25) is 11.8 Å². The van der Waals surface area contributed by atoms with Crippen LogP contribution in [0.3, 0.4) is 0 Å². The number of hydrogen-bond donors (Lipinski definition) is 1. The third-order valence-electron chi connectivity index (χ3n) is 4.72. The summed E-state index contributed by atoms with van der Waals surface area (Å²) in [6.45, 7) is 1.19. The number of anilines is 1. The number of rotatable bonds is 3. The van der Waals surface area contributed by atoms with E-state index >= 15 is 0 Å². The summed E-state index contributed by atoms with van der Waals surface area (Å²) in [6, 6.07) is 6.94. The van der Waals surface area contributed by atoms with Gasteiger partial charge in [-0.25, -0.2) is 0 Å². The first-order valence-electron chi connectivity index (χ1n) is 8.06. The molecule has 1 aromatic carbocycles. The number of amides is 2. The Hall–Kier alpha value is -2.08. The molecule has 2 atom stereocenters. The van der Waals surface area contributed by atoms with E-state index in [9.17, 15) is 14.4 Å². The van der Waals surface area contributed by atoms with E-state index in [1.807, 2.05) is 0 Å². The molecule has 0 bridgehead atoms. The Bertz CT molecular complexity index is 661. The molecule has 0 unspecified atom stereocenters. The molecule has 2 fully saturated rings. The van der Waals surface area contributed by atoms with E-state index < -0.39 is 17.8 Å². The first-order valence-corrected chi connectivity index (χ1v) is 8.43. The molecule has 0 spiro atoms. The molecule has 2 aliphatic rings. The first-order chi connectivity index (χ1) is 11.5. The van der Waals surface area contributed by atoms with Crippen LogP contribution in [0.25, 0.3) is 0 Å². The fourth-order valence-corrected chi connectivity index (χ4v) is 3.51. The number of likely N-dealkylation sites (tertiary alicyclic amines) is 1. The van der Waals surface area contributed by atoms with Gasteiger partial charge in [-0.2, -0.15) is 0 Å². The lowest BCUT2D eigenvalue weighted by Crippen LogP contribution is -2.46. The minimum absolute atomic E-state index is 0.193. The number of halogens is 1. The van der Waals surface area contributed by atoms with E-state index in [4.69, 9.17) is 16.7 Å². The van der Waals surface area contributed by atoms with Gasteiger partial charge < -0.3 is 14.9 Å². The molecular weight excluding hydrogens is 332 g/mol. The minimum atomic E-state index is -0.881. The summed E-state index contributed by atoms with van der Waals surface area (Å²) < 4.78 is 0. The van der Waals surface area contributed by atoms with Crippen LogP contribution in [0, 0.1) is 11.8 Å². The summed E-state index contributed by atoms with van der Waals surface area (Å²) >= 11 is 5.86. The standard InChI is InChI=1S/C17H19ClN2O4/c18-12-3-5-13(6-4-12)20-9-7-14(16(20)22)15(21)19-8-1-2-11(10-19)17(23)24/h3-6,11,14H,1-2,7-10H2,(H,23,24)/t11-,14-/m0/s1. The highest BCUT2D eigenvalue weighted by Gasteiger charge is 2.41. The van der Waals surface area contributed by atoms with Gasteiger partial charge in [0.15, 0.2) is 0 Å². The molecule has 128 valence electrons. The van der Waals surface area contributed by atoms with Crippen LogP contribution in [0.1, 0.15) is 19.3 Å². The highest BCUT2D eigenvalue weighted by molar-refractivity contribution is 6.30. The Labute approximate surface area is 145 Å². The van der Waals surface area contributed by atoms with Gasteiger partial charge in [0.25, 0.3) is 0 Å². The second-order valence-electron chi connectivity index (χ2n) is 6.27. The normalized spacial score (nSPS) is 24.3. The minimum Gasteiger partial charge on any atom is -0.481 e. The van der Waals surface area contributed by atoms with Crippen molar-refractivity contribution in [3.63, 3.8) is 0 Å². The van der Waals surface area contributed by atoms with Crippen molar-refractivity contribution in [2.45, 2.75) is 19.3 Å². The molecule has 1 aromatic rings. The van der Waals surface area contributed by atoms with Crippen LogP contribution in [0.15, 0.2) is 24.3 Å². The SMILES string of the molecule is O=C(O)[C@H]1CCCN(C(=O)[C@@H]2CCN(c3ccc(Cl)cc3)C2=O)C1. The summed E-state index contributed by atoms with van der Waals surface area (Å²) in [7, 11) is 0. The van der Waals surface area contributed by atoms with Gasteiger partial charge in [-0.1, -0.05) is 11.6 Å². The Morgan fingerprint density at radius 3 is 2.50 bits per heavy atom. The lowest BCUT2D eigenvalue weighted by molar-refractivity contribution is -0.147. The largest absolute Gasteiger partial charge is 0.481 e. The fraction of sp³-hybridized carbons (Fsp3) is 0.471. The molecule has 2 amide bonds. The zero-order chi connectivity index (χ0) is 17.3. The highest BCUT2D eigenvalue weighted by atomic mass is 35.5. The van der Waals surface area contributed by atoms with Crippen molar-refractivity contribution in [3.8, 4) is 0 Å². The van der Waals surface area contributed by atoms with Crippen LogP contribution >= 0.6 is 11.6 Å². The van der Waals surface area contributed by atoms with Gasteiger partial charge in [-0.15, -0.1) is 0 Å². The van der Waals surface area contributed by atoms with Gasteiger partial charge in [0.05, 0.1) is 5.92 Å². The monoisotopic (exact) mass is 350 g/mol. The maximum Gasteiger partial charge on any atom is 0.308 e. The van der Waals surface area contributed by atoms with E-state index in [1.165, 1.54) is 4.90 Å². The summed E-state index contributed by atoms with van der Waals surface area (Å²) in [5.74, 6) is -2.60. The first kappa shape index (κ1) is 16.8. The van der Waals surface area contributed by atoms with Crippen LogP contribution in [-0.2, 0) is 14.4 Å². The fourth-order valence-electron chi connectivity index (χ4n) is 3.39. The number of carboxylic acid groups (broad SMARTS) is 1. The average molecular weight is 351 g/mol. The van der Waals surface area contributed by atoms with Crippen molar-refractivity contribution in [1.29, 1.82) is 0 Å². The topological polar surface area (TPSA) is 77.9 Å². The number of benzene rings is 1. The van der Waals surface area contributed by atoms with Crippen LogP contribution in [0.4, 0.5) is 5.69 Å². The average Bonchev–Trinajstić information content (AvgIpc) is 2.96. The zero-order valence-corrected chi connectivity index (χ0v) is 13.9. The molecule has 0 aliphatic carbocycles. The highest BCUT2D eigenvalue weighted by Crippen LogP contribution is 2.29. The van der Waals surface area contributed by atoms with Crippen molar-refractivity contribution < 1.29 is 19.5 Å². The summed E-state index contributed by atoms with van der Waals surface area (Å²) in [4.78, 5) is 39.6. The number of hydrogen-bond acceptors (Lipinski definition) is 3. The van der Waals surface area contributed by atoms with Crippen molar-refractivity contribution >= 4 is 35.1 Å². The van der Waals surface area contributed by atoms with Gasteiger partial charge in [0.1, 0.15) is 5.92 Å². The Kier molecular flexibility index (Phi) is 4.76. The molecule has 2 saturated heterocycles. The van der Waals surface area contributed by atoms with Crippen molar-refractivity contribution in [3.05, 3.63) is 29.3 Å². The zero-order valence-electron chi connectivity index (χ0n) is 13.2. The molecule has 1 N–H and O–H groups in total. The van der Waals surface area contributed by atoms with Crippen LogP contribution in [-0.4, -0.2) is 47.4 Å². The Balaban J connectivity index is 1.69. The van der Waals surface area contributed by atoms with Gasteiger partial charge in [-0.3, -0.25) is 14.4 Å². The summed E-state index contributed by atoms with van der Waals surface area (Å²) in [5, 5.41) is 9.73.